The van der Waals surface area contributed by atoms with E-state index in [0.29, 0.717) is 25.9 Å². The number of hydrogen-bond acceptors (Lipinski definition) is 4. The molecule has 0 aliphatic carbocycles. The van der Waals surface area contributed by atoms with Gasteiger partial charge in [0.05, 0.1) is 5.60 Å². The summed E-state index contributed by atoms with van der Waals surface area (Å²) in [6.07, 6.45) is 8.67. The second-order valence-electron chi connectivity index (χ2n) is 7.52. The number of rotatable bonds is 4. The molecule has 1 N–H and O–H groups in total. The van der Waals surface area contributed by atoms with Crippen molar-refractivity contribution in [2.75, 3.05) is 32.7 Å². The van der Waals surface area contributed by atoms with Crippen molar-refractivity contribution in [1.29, 1.82) is 0 Å². The molecule has 1 aromatic heterocycles. The highest BCUT2D eigenvalue weighted by Gasteiger charge is 2.35. The highest BCUT2D eigenvalue weighted by molar-refractivity contribution is 5.73. The maximum Gasteiger partial charge on any atom is 0.219 e. The third-order valence-electron chi connectivity index (χ3n) is 5.61. The summed E-state index contributed by atoms with van der Waals surface area (Å²) in [5, 5.41) is 10.8. The zero-order chi connectivity index (χ0) is 17.0. The van der Waals surface area contributed by atoms with Crippen LogP contribution in [0.1, 0.15) is 38.2 Å². The van der Waals surface area contributed by atoms with Crippen LogP contribution in [0.25, 0.3) is 0 Å². The molecule has 132 valence electrons. The minimum absolute atomic E-state index is 0.119. The Labute approximate surface area is 144 Å². The third-order valence-corrected chi connectivity index (χ3v) is 5.61. The molecule has 5 heteroatoms. The number of nitrogens with zero attached hydrogens (tertiary/aromatic N) is 3. The van der Waals surface area contributed by atoms with Gasteiger partial charge in [-0.25, -0.2) is 0 Å². The van der Waals surface area contributed by atoms with Gasteiger partial charge in [0.25, 0.3) is 0 Å². The van der Waals surface area contributed by atoms with Gasteiger partial charge >= 0.3 is 0 Å². The molecule has 0 radical (unpaired) electrons. The van der Waals surface area contributed by atoms with Crippen molar-refractivity contribution in [2.24, 2.45) is 5.92 Å². The highest BCUT2D eigenvalue weighted by atomic mass is 16.3. The van der Waals surface area contributed by atoms with Gasteiger partial charge in [0.15, 0.2) is 0 Å². The van der Waals surface area contributed by atoms with Gasteiger partial charge in [0, 0.05) is 39.0 Å². The van der Waals surface area contributed by atoms with Gasteiger partial charge in [-0.3, -0.25) is 9.78 Å². The summed E-state index contributed by atoms with van der Waals surface area (Å²) in [6, 6.07) is 4.16. The predicted molar refractivity (Wildman–Crippen MR) is 93.5 cm³/mol. The first-order valence-corrected chi connectivity index (χ1v) is 9.13. The fourth-order valence-electron chi connectivity index (χ4n) is 4.01. The van der Waals surface area contributed by atoms with E-state index in [-0.39, 0.29) is 5.91 Å². The van der Waals surface area contributed by atoms with Gasteiger partial charge < -0.3 is 14.9 Å². The van der Waals surface area contributed by atoms with Crippen LogP contribution in [0.5, 0.6) is 0 Å². The summed E-state index contributed by atoms with van der Waals surface area (Å²) in [4.78, 5) is 19.9. The van der Waals surface area contributed by atoms with Crippen LogP contribution >= 0.6 is 0 Å². The van der Waals surface area contributed by atoms with E-state index in [2.05, 4.69) is 16.0 Å². The summed E-state index contributed by atoms with van der Waals surface area (Å²) < 4.78 is 0. The van der Waals surface area contributed by atoms with Crippen molar-refractivity contribution in [3.8, 4) is 0 Å². The van der Waals surface area contributed by atoms with Crippen molar-refractivity contribution < 1.29 is 9.90 Å². The summed E-state index contributed by atoms with van der Waals surface area (Å²) in [6.45, 7) is 5.84. The number of amides is 1. The van der Waals surface area contributed by atoms with E-state index in [0.717, 1.165) is 32.0 Å². The van der Waals surface area contributed by atoms with Crippen LogP contribution in [-0.4, -0.2) is 64.1 Å². The van der Waals surface area contributed by atoms with Crippen LogP contribution in [0.2, 0.25) is 0 Å². The average molecular weight is 331 g/mol. The minimum atomic E-state index is -0.623. The van der Waals surface area contributed by atoms with E-state index < -0.39 is 5.60 Å². The third kappa shape index (κ3) is 4.54. The molecule has 5 nitrogen and oxygen atoms in total. The van der Waals surface area contributed by atoms with Crippen molar-refractivity contribution in [1.82, 2.24) is 14.8 Å². The Hall–Kier alpha value is -1.46. The number of aromatic nitrogens is 1. The van der Waals surface area contributed by atoms with Crippen molar-refractivity contribution in [3.05, 3.63) is 30.1 Å². The first-order valence-electron chi connectivity index (χ1n) is 9.13. The average Bonchev–Trinajstić information content (AvgIpc) is 2.58. The normalized spacial score (nSPS) is 22.5. The second kappa shape index (κ2) is 7.62. The lowest BCUT2D eigenvalue weighted by atomic mass is 9.87. The monoisotopic (exact) mass is 331 g/mol. The van der Waals surface area contributed by atoms with Crippen LogP contribution in [-0.2, 0) is 11.2 Å². The molecule has 2 aliphatic rings. The topological polar surface area (TPSA) is 56.7 Å². The fraction of sp³-hybridized carbons (Fsp3) is 0.684. The highest BCUT2D eigenvalue weighted by Crippen LogP contribution is 2.27. The largest absolute Gasteiger partial charge is 0.388 e. The number of likely N-dealkylation sites (tertiary alicyclic amines) is 2. The van der Waals surface area contributed by atoms with E-state index in [4.69, 9.17) is 0 Å². The lowest BCUT2D eigenvalue weighted by Gasteiger charge is -2.42. The number of carbonyl (C=O) groups excluding carboxylic acids is 1. The van der Waals surface area contributed by atoms with Crippen LogP contribution in [0.15, 0.2) is 24.5 Å². The Bertz CT molecular complexity index is 533. The molecular formula is C19H29N3O2. The first-order chi connectivity index (χ1) is 11.5. The Morgan fingerprint density at radius 2 is 2.00 bits per heavy atom. The number of pyridine rings is 1. The van der Waals surface area contributed by atoms with E-state index in [1.165, 1.54) is 18.4 Å². The molecule has 1 aromatic rings. The molecule has 1 amide bonds. The van der Waals surface area contributed by atoms with Crippen molar-refractivity contribution in [3.63, 3.8) is 0 Å². The standard InChI is InChI=1S/C19H29N3O2/c1-16(23)22-11-6-19(24,7-12-22)15-21-9-4-17(5-10-21)13-18-3-2-8-20-14-18/h2-3,8,14,17,24H,4-7,9-13,15H2,1H3. The zero-order valence-electron chi connectivity index (χ0n) is 14.7. The van der Waals surface area contributed by atoms with Gasteiger partial charge in [0.2, 0.25) is 5.91 Å². The molecule has 0 unspecified atom stereocenters. The number of carbonyl (C=O) groups is 1. The number of aliphatic hydroxyl groups is 1. The smallest absolute Gasteiger partial charge is 0.219 e. The predicted octanol–water partition coefficient (Wildman–Crippen LogP) is 1.71. The quantitative estimate of drug-likeness (QED) is 0.912. The number of piperidine rings is 2. The van der Waals surface area contributed by atoms with Gasteiger partial charge in [0.1, 0.15) is 0 Å². The molecule has 2 saturated heterocycles. The van der Waals surface area contributed by atoms with Gasteiger partial charge in [-0.15, -0.1) is 0 Å². The van der Waals surface area contributed by atoms with Crippen molar-refractivity contribution in [2.45, 2.75) is 44.6 Å². The molecular weight excluding hydrogens is 302 g/mol. The minimum Gasteiger partial charge on any atom is -0.388 e. The molecule has 0 spiro atoms. The van der Waals surface area contributed by atoms with Crippen LogP contribution < -0.4 is 0 Å². The van der Waals surface area contributed by atoms with Crippen LogP contribution in [0.3, 0.4) is 0 Å². The van der Waals surface area contributed by atoms with Crippen LogP contribution in [0.4, 0.5) is 0 Å². The molecule has 0 saturated carbocycles. The van der Waals surface area contributed by atoms with Crippen molar-refractivity contribution >= 4 is 5.91 Å². The molecule has 2 fully saturated rings. The number of hydrogen-bond donors (Lipinski definition) is 1. The summed E-state index contributed by atoms with van der Waals surface area (Å²) in [7, 11) is 0. The van der Waals surface area contributed by atoms with E-state index in [1.54, 1.807) is 6.92 Å². The lowest BCUT2D eigenvalue weighted by molar-refractivity contribution is -0.133. The molecule has 0 atom stereocenters. The van der Waals surface area contributed by atoms with Gasteiger partial charge in [-0.2, -0.15) is 0 Å². The van der Waals surface area contributed by atoms with E-state index >= 15 is 0 Å². The fourth-order valence-corrected chi connectivity index (χ4v) is 4.01. The van der Waals surface area contributed by atoms with Gasteiger partial charge in [-0.05, 0) is 62.7 Å². The SMILES string of the molecule is CC(=O)N1CCC(O)(CN2CCC(Cc3cccnc3)CC2)CC1. The Kier molecular flexibility index (Phi) is 5.51. The van der Waals surface area contributed by atoms with Crippen LogP contribution in [0, 0.1) is 5.92 Å². The second-order valence-corrected chi connectivity index (χ2v) is 7.52. The maximum absolute atomic E-state index is 11.4. The van der Waals surface area contributed by atoms with E-state index in [1.807, 2.05) is 23.4 Å². The maximum atomic E-state index is 11.4. The molecule has 3 rings (SSSR count). The summed E-state index contributed by atoms with van der Waals surface area (Å²) >= 11 is 0. The zero-order valence-corrected chi connectivity index (χ0v) is 14.7. The summed E-state index contributed by atoms with van der Waals surface area (Å²) in [5.41, 5.74) is 0.702. The molecule has 0 aromatic carbocycles. The number of β-amino-alcohol motifs (C(OH)–C–C–N with tert-alkyl or cyclic N) is 1. The first kappa shape index (κ1) is 17.4. The lowest BCUT2D eigenvalue weighted by Crippen LogP contribution is -2.53. The Morgan fingerprint density at radius 3 is 2.58 bits per heavy atom. The van der Waals surface area contributed by atoms with E-state index in [9.17, 15) is 9.90 Å². The Balaban J connectivity index is 1.43. The molecule has 3 heterocycles. The van der Waals surface area contributed by atoms with Gasteiger partial charge in [-0.1, -0.05) is 6.07 Å². The Morgan fingerprint density at radius 1 is 1.29 bits per heavy atom. The molecule has 2 aliphatic heterocycles. The molecule has 0 bridgehead atoms. The summed E-state index contributed by atoms with van der Waals surface area (Å²) in [5.74, 6) is 0.841. The molecule has 24 heavy (non-hydrogen) atoms.